The fourth-order valence-corrected chi connectivity index (χ4v) is 3.31. The van der Waals surface area contributed by atoms with E-state index in [1.165, 1.54) is 25.1 Å². The SMILES string of the molecule is C#CCNS(=O)(=O)c1cccc(C(=O)O[C@H](C)C(=O)Nc2ccc(Br)cc2)c1. The Labute approximate surface area is 171 Å². The maximum atomic E-state index is 12.3. The lowest BCUT2D eigenvalue weighted by Gasteiger charge is -2.14. The van der Waals surface area contributed by atoms with Crippen LogP contribution in [0.1, 0.15) is 17.3 Å². The molecule has 0 heterocycles. The number of anilines is 1. The van der Waals surface area contributed by atoms with Crippen LogP contribution in [-0.2, 0) is 19.6 Å². The Balaban J connectivity index is 2.05. The minimum Gasteiger partial charge on any atom is -0.449 e. The number of carbonyl (C=O) groups excluding carboxylic acids is 2. The predicted molar refractivity (Wildman–Crippen MR) is 108 cm³/mol. The van der Waals surface area contributed by atoms with E-state index >= 15 is 0 Å². The molecule has 7 nitrogen and oxygen atoms in total. The lowest BCUT2D eigenvalue weighted by atomic mass is 10.2. The largest absolute Gasteiger partial charge is 0.449 e. The van der Waals surface area contributed by atoms with Gasteiger partial charge in [-0.1, -0.05) is 27.9 Å². The Hall–Kier alpha value is -2.67. The zero-order chi connectivity index (χ0) is 20.7. The molecule has 0 aromatic heterocycles. The summed E-state index contributed by atoms with van der Waals surface area (Å²) in [5, 5.41) is 2.62. The van der Waals surface area contributed by atoms with Crippen molar-refractivity contribution in [3.05, 3.63) is 58.6 Å². The van der Waals surface area contributed by atoms with Crippen molar-refractivity contribution in [1.29, 1.82) is 0 Å². The van der Waals surface area contributed by atoms with E-state index in [2.05, 4.69) is 31.9 Å². The molecule has 0 radical (unpaired) electrons. The summed E-state index contributed by atoms with van der Waals surface area (Å²) in [7, 11) is -3.85. The summed E-state index contributed by atoms with van der Waals surface area (Å²) in [5.74, 6) is 0.819. The van der Waals surface area contributed by atoms with Crippen LogP contribution in [0, 0.1) is 12.3 Å². The van der Waals surface area contributed by atoms with Crippen LogP contribution in [0.5, 0.6) is 0 Å². The molecule has 0 spiro atoms. The van der Waals surface area contributed by atoms with Gasteiger partial charge in [0.15, 0.2) is 6.10 Å². The molecule has 0 aliphatic rings. The molecule has 0 saturated carbocycles. The van der Waals surface area contributed by atoms with Crippen LogP contribution in [0.15, 0.2) is 57.9 Å². The third-order valence-corrected chi connectivity index (χ3v) is 5.44. The van der Waals surface area contributed by atoms with Crippen molar-refractivity contribution in [2.24, 2.45) is 0 Å². The summed E-state index contributed by atoms with van der Waals surface area (Å²) < 4.78 is 32.4. The van der Waals surface area contributed by atoms with Gasteiger partial charge in [-0.15, -0.1) is 6.42 Å². The van der Waals surface area contributed by atoms with Crippen LogP contribution < -0.4 is 10.0 Å². The number of sulfonamides is 1. The molecule has 0 saturated heterocycles. The zero-order valence-electron chi connectivity index (χ0n) is 14.8. The van der Waals surface area contributed by atoms with E-state index in [0.29, 0.717) is 5.69 Å². The smallest absolute Gasteiger partial charge is 0.338 e. The van der Waals surface area contributed by atoms with Crippen molar-refractivity contribution in [2.45, 2.75) is 17.9 Å². The summed E-state index contributed by atoms with van der Waals surface area (Å²) in [6.45, 7) is 1.24. The fourth-order valence-electron chi connectivity index (χ4n) is 2.07. The van der Waals surface area contributed by atoms with E-state index in [0.717, 1.165) is 10.5 Å². The molecule has 0 bridgehead atoms. The summed E-state index contributed by atoms with van der Waals surface area (Å²) in [6, 6.07) is 12.1. The molecule has 0 aliphatic heterocycles. The van der Waals surface area contributed by atoms with Crippen molar-refractivity contribution >= 4 is 43.5 Å². The van der Waals surface area contributed by atoms with Crippen molar-refractivity contribution in [2.75, 3.05) is 11.9 Å². The zero-order valence-corrected chi connectivity index (χ0v) is 17.2. The quantitative estimate of drug-likeness (QED) is 0.484. The number of hydrogen-bond donors (Lipinski definition) is 2. The molecule has 28 heavy (non-hydrogen) atoms. The maximum Gasteiger partial charge on any atom is 0.338 e. The maximum absolute atomic E-state index is 12.3. The van der Waals surface area contributed by atoms with Gasteiger partial charge in [-0.2, -0.15) is 4.72 Å². The topological polar surface area (TPSA) is 102 Å². The molecule has 9 heteroatoms. The second-order valence-corrected chi connectivity index (χ2v) is 8.28. The van der Waals surface area contributed by atoms with Gasteiger partial charge in [0.1, 0.15) is 0 Å². The Bertz CT molecular complexity index is 1010. The highest BCUT2D eigenvalue weighted by atomic mass is 79.9. The number of carbonyl (C=O) groups is 2. The highest BCUT2D eigenvalue weighted by molar-refractivity contribution is 9.10. The second kappa shape index (κ2) is 9.50. The number of esters is 1. The van der Waals surface area contributed by atoms with Gasteiger partial charge in [-0.05, 0) is 49.4 Å². The van der Waals surface area contributed by atoms with Crippen LogP contribution >= 0.6 is 15.9 Å². The molecule has 2 rings (SSSR count). The van der Waals surface area contributed by atoms with E-state index in [-0.39, 0.29) is 17.0 Å². The molecule has 1 amide bonds. The average molecular weight is 465 g/mol. The van der Waals surface area contributed by atoms with Gasteiger partial charge in [-0.3, -0.25) is 4.79 Å². The predicted octanol–water partition coefficient (Wildman–Crippen LogP) is 2.54. The third-order valence-electron chi connectivity index (χ3n) is 3.51. The molecule has 2 aromatic rings. The number of benzene rings is 2. The number of amides is 1. The molecule has 0 aliphatic carbocycles. The first-order valence-corrected chi connectivity index (χ1v) is 10.3. The molecular weight excluding hydrogens is 448 g/mol. The van der Waals surface area contributed by atoms with Crippen molar-refractivity contribution in [1.82, 2.24) is 4.72 Å². The van der Waals surface area contributed by atoms with Gasteiger partial charge in [0.05, 0.1) is 17.0 Å². The van der Waals surface area contributed by atoms with Crippen molar-refractivity contribution in [3.63, 3.8) is 0 Å². The van der Waals surface area contributed by atoms with Gasteiger partial charge in [-0.25, -0.2) is 13.2 Å². The van der Waals surface area contributed by atoms with Gasteiger partial charge in [0.2, 0.25) is 10.0 Å². The van der Waals surface area contributed by atoms with E-state index < -0.39 is 28.0 Å². The Kier molecular flexibility index (Phi) is 7.34. The van der Waals surface area contributed by atoms with Gasteiger partial charge >= 0.3 is 5.97 Å². The Morgan fingerprint density at radius 2 is 1.89 bits per heavy atom. The molecular formula is C19H17BrN2O5S. The van der Waals surface area contributed by atoms with Crippen LogP contribution in [0.2, 0.25) is 0 Å². The lowest BCUT2D eigenvalue weighted by molar-refractivity contribution is -0.123. The minimum atomic E-state index is -3.85. The lowest BCUT2D eigenvalue weighted by Crippen LogP contribution is -2.30. The van der Waals surface area contributed by atoms with E-state index in [9.17, 15) is 18.0 Å². The van der Waals surface area contributed by atoms with E-state index in [1.54, 1.807) is 24.3 Å². The molecule has 1 atom stereocenters. The first kappa shape index (κ1) is 21.6. The Morgan fingerprint density at radius 3 is 2.54 bits per heavy atom. The highest BCUT2D eigenvalue weighted by Crippen LogP contribution is 2.16. The van der Waals surface area contributed by atoms with Crippen LogP contribution in [-0.4, -0.2) is 32.9 Å². The van der Waals surface area contributed by atoms with Crippen molar-refractivity contribution in [3.8, 4) is 12.3 Å². The van der Waals surface area contributed by atoms with E-state index in [1.807, 2.05) is 0 Å². The number of rotatable bonds is 7. The molecule has 0 unspecified atom stereocenters. The van der Waals surface area contributed by atoms with Crippen LogP contribution in [0.25, 0.3) is 0 Å². The van der Waals surface area contributed by atoms with Crippen molar-refractivity contribution < 1.29 is 22.7 Å². The van der Waals surface area contributed by atoms with Gasteiger partial charge in [0, 0.05) is 10.2 Å². The first-order chi connectivity index (χ1) is 13.2. The van der Waals surface area contributed by atoms with Crippen LogP contribution in [0.4, 0.5) is 5.69 Å². The number of hydrogen-bond acceptors (Lipinski definition) is 5. The normalized spacial score (nSPS) is 11.9. The number of terminal acetylenes is 1. The highest BCUT2D eigenvalue weighted by Gasteiger charge is 2.21. The minimum absolute atomic E-state index is 0.00752. The first-order valence-electron chi connectivity index (χ1n) is 8.03. The van der Waals surface area contributed by atoms with E-state index in [4.69, 9.17) is 11.2 Å². The standard InChI is InChI=1S/C19H17BrN2O5S/c1-3-11-21-28(25,26)17-6-4-5-14(12-17)19(24)27-13(2)18(23)22-16-9-7-15(20)8-10-16/h1,4-10,12-13,21H,11H2,2H3,(H,22,23)/t13-/m1/s1. The summed E-state index contributed by atoms with van der Waals surface area (Å²) in [6.07, 6.45) is 3.96. The monoisotopic (exact) mass is 464 g/mol. The van der Waals surface area contributed by atoms with Crippen LogP contribution in [0.3, 0.4) is 0 Å². The molecule has 146 valence electrons. The molecule has 2 aromatic carbocycles. The average Bonchev–Trinajstić information content (AvgIpc) is 2.68. The summed E-state index contributed by atoms with van der Waals surface area (Å²) >= 11 is 3.29. The number of ether oxygens (including phenoxy) is 1. The molecule has 0 fully saturated rings. The number of nitrogens with one attached hydrogen (secondary N) is 2. The second-order valence-electron chi connectivity index (χ2n) is 5.60. The van der Waals surface area contributed by atoms with Gasteiger partial charge in [0.25, 0.3) is 5.91 Å². The summed E-state index contributed by atoms with van der Waals surface area (Å²) in [4.78, 5) is 24.3. The Morgan fingerprint density at radius 1 is 1.21 bits per heavy atom. The fraction of sp³-hybridized carbons (Fsp3) is 0.158. The third kappa shape index (κ3) is 5.92. The molecule has 2 N–H and O–H groups in total. The summed E-state index contributed by atoms with van der Waals surface area (Å²) in [5.41, 5.74) is 0.538. The van der Waals surface area contributed by atoms with Gasteiger partial charge < -0.3 is 10.1 Å². The number of halogens is 1.